The summed E-state index contributed by atoms with van der Waals surface area (Å²) in [6, 6.07) is 20.5. The van der Waals surface area contributed by atoms with Crippen LogP contribution in [-0.4, -0.2) is 0 Å². The second-order valence-electron chi connectivity index (χ2n) is 4.55. The zero-order valence-electron chi connectivity index (χ0n) is 9.41. The molecule has 0 aromatic heterocycles. The summed E-state index contributed by atoms with van der Waals surface area (Å²) in [5.41, 5.74) is 2.48. The molecule has 17 heavy (non-hydrogen) atoms. The summed E-state index contributed by atoms with van der Waals surface area (Å²) in [4.78, 5) is 0. The molecule has 0 radical (unpaired) electrons. The van der Waals surface area contributed by atoms with Gasteiger partial charge < -0.3 is 0 Å². The molecule has 1 nitrogen and oxygen atoms in total. The lowest BCUT2D eigenvalue weighted by Crippen LogP contribution is -2.00. The monoisotopic (exact) mass is 240 g/mol. The Balaban J connectivity index is 1.97. The molecule has 0 unspecified atom stereocenters. The van der Waals surface area contributed by atoms with Crippen molar-refractivity contribution < 1.29 is 4.57 Å². The molecule has 2 atom stereocenters. The molecule has 0 heterocycles. The van der Waals surface area contributed by atoms with E-state index in [1.807, 2.05) is 36.4 Å². The van der Waals surface area contributed by atoms with Crippen molar-refractivity contribution in [2.75, 3.05) is 0 Å². The molecule has 1 saturated carbocycles. The van der Waals surface area contributed by atoms with E-state index < -0.39 is 0 Å². The molecule has 1 aliphatic carbocycles. The first-order valence-electron chi connectivity index (χ1n) is 5.82. The van der Waals surface area contributed by atoms with E-state index in [1.165, 1.54) is 11.1 Å². The molecule has 2 aromatic carbocycles. The van der Waals surface area contributed by atoms with Crippen molar-refractivity contribution in [3.63, 3.8) is 0 Å². The minimum absolute atomic E-state index is 0.178. The SMILES string of the molecule is O=P[C@@]1(c2ccccc2)C[C@@H]1c1ccccc1. The van der Waals surface area contributed by atoms with Crippen molar-refractivity contribution in [3.05, 3.63) is 71.8 Å². The van der Waals surface area contributed by atoms with Gasteiger partial charge in [-0.1, -0.05) is 60.7 Å². The molecule has 0 aliphatic heterocycles. The van der Waals surface area contributed by atoms with Crippen LogP contribution >= 0.6 is 8.46 Å². The van der Waals surface area contributed by atoms with Gasteiger partial charge in [0.15, 0.2) is 8.46 Å². The summed E-state index contributed by atoms with van der Waals surface area (Å²) in [5, 5.41) is -0.178. The quantitative estimate of drug-likeness (QED) is 0.728. The van der Waals surface area contributed by atoms with Gasteiger partial charge in [-0.25, -0.2) is 0 Å². The maximum atomic E-state index is 11.6. The van der Waals surface area contributed by atoms with Crippen LogP contribution in [0.1, 0.15) is 23.5 Å². The van der Waals surface area contributed by atoms with Crippen molar-refractivity contribution in [2.24, 2.45) is 0 Å². The second-order valence-corrected chi connectivity index (χ2v) is 5.53. The minimum Gasteiger partial charge on any atom is -0.274 e. The van der Waals surface area contributed by atoms with E-state index in [2.05, 4.69) is 24.3 Å². The van der Waals surface area contributed by atoms with Crippen LogP contribution in [0.2, 0.25) is 0 Å². The van der Waals surface area contributed by atoms with Crippen LogP contribution in [-0.2, 0) is 9.72 Å². The van der Waals surface area contributed by atoms with E-state index >= 15 is 0 Å². The predicted octanol–water partition coefficient (Wildman–Crippen LogP) is 4.36. The first kappa shape index (κ1) is 10.7. The molecule has 2 aromatic rings. The molecule has 0 saturated heterocycles. The molecular formula is C15H13OP. The topological polar surface area (TPSA) is 17.1 Å². The van der Waals surface area contributed by atoms with Crippen molar-refractivity contribution in [3.8, 4) is 0 Å². The fraction of sp³-hybridized carbons (Fsp3) is 0.200. The molecule has 2 heteroatoms. The van der Waals surface area contributed by atoms with E-state index in [-0.39, 0.29) is 13.6 Å². The fourth-order valence-electron chi connectivity index (χ4n) is 2.53. The van der Waals surface area contributed by atoms with E-state index in [1.54, 1.807) is 0 Å². The normalized spacial score (nSPS) is 26.9. The van der Waals surface area contributed by atoms with Crippen LogP contribution in [0.25, 0.3) is 0 Å². The van der Waals surface area contributed by atoms with Gasteiger partial charge in [-0.2, -0.15) is 0 Å². The third kappa shape index (κ3) is 1.71. The summed E-state index contributed by atoms with van der Waals surface area (Å²) in [5.74, 6) is 0.394. The van der Waals surface area contributed by atoms with Crippen molar-refractivity contribution in [2.45, 2.75) is 17.5 Å². The first-order chi connectivity index (χ1) is 8.37. The van der Waals surface area contributed by atoms with Crippen LogP contribution in [0.15, 0.2) is 60.7 Å². The highest BCUT2D eigenvalue weighted by Gasteiger charge is 2.57. The van der Waals surface area contributed by atoms with Crippen LogP contribution in [0, 0.1) is 0 Å². The Morgan fingerprint density at radius 3 is 2.12 bits per heavy atom. The Morgan fingerprint density at radius 1 is 0.941 bits per heavy atom. The Bertz CT molecular complexity index is 523. The molecule has 3 rings (SSSR count). The lowest BCUT2D eigenvalue weighted by Gasteiger charge is -2.09. The predicted molar refractivity (Wildman–Crippen MR) is 69.5 cm³/mol. The average Bonchev–Trinajstić information content (AvgIpc) is 3.17. The molecule has 0 N–H and O–H groups in total. The maximum Gasteiger partial charge on any atom is 0.167 e. The molecule has 0 amide bonds. The summed E-state index contributed by atoms with van der Waals surface area (Å²) >= 11 is 0. The molecule has 0 spiro atoms. The van der Waals surface area contributed by atoms with Gasteiger partial charge in [-0.15, -0.1) is 0 Å². The van der Waals surface area contributed by atoms with Crippen LogP contribution in [0.4, 0.5) is 0 Å². The molecule has 84 valence electrons. The molecule has 0 bridgehead atoms. The van der Waals surface area contributed by atoms with Crippen LogP contribution in [0.5, 0.6) is 0 Å². The van der Waals surface area contributed by atoms with Gasteiger partial charge >= 0.3 is 0 Å². The summed E-state index contributed by atoms with van der Waals surface area (Å²) in [7, 11) is 0.237. The van der Waals surface area contributed by atoms with Gasteiger partial charge in [0, 0.05) is 5.92 Å². The summed E-state index contributed by atoms with van der Waals surface area (Å²) < 4.78 is 11.6. The Kier molecular flexibility index (Phi) is 2.57. The third-order valence-electron chi connectivity index (χ3n) is 3.57. The molecule has 1 fully saturated rings. The van der Waals surface area contributed by atoms with Crippen molar-refractivity contribution in [1.82, 2.24) is 0 Å². The average molecular weight is 240 g/mol. The first-order valence-corrected chi connectivity index (χ1v) is 6.63. The van der Waals surface area contributed by atoms with Gasteiger partial charge in [0.25, 0.3) is 0 Å². The third-order valence-corrected chi connectivity index (χ3v) is 4.65. The van der Waals surface area contributed by atoms with Gasteiger partial charge in [0.05, 0.1) is 5.16 Å². The minimum atomic E-state index is -0.178. The van der Waals surface area contributed by atoms with Crippen LogP contribution < -0.4 is 0 Å². The van der Waals surface area contributed by atoms with Crippen molar-refractivity contribution in [1.29, 1.82) is 0 Å². The molecule has 1 aliphatic rings. The summed E-state index contributed by atoms with van der Waals surface area (Å²) in [6.45, 7) is 0. The second kappa shape index (κ2) is 4.09. The zero-order valence-corrected chi connectivity index (χ0v) is 10.3. The number of benzene rings is 2. The van der Waals surface area contributed by atoms with Crippen molar-refractivity contribution >= 4 is 8.46 Å². The highest BCUT2D eigenvalue weighted by atomic mass is 31.1. The van der Waals surface area contributed by atoms with Gasteiger partial charge in [0.1, 0.15) is 0 Å². The lowest BCUT2D eigenvalue weighted by atomic mass is 10.0. The van der Waals surface area contributed by atoms with Gasteiger partial charge in [0.2, 0.25) is 0 Å². The lowest BCUT2D eigenvalue weighted by molar-refractivity contribution is 0.589. The smallest absolute Gasteiger partial charge is 0.167 e. The summed E-state index contributed by atoms with van der Waals surface area (Å²) in [6.07, 6.45) is 0.978. The molecular weight excluding hydrogens is 227 g/mol. The van der Waals surface area contributed by atoms with E-state index in [0.717, 1.165) is 6.42 Å². The maximum absolute atomic E-state index is 11.6. The Labute approximate surface area is 103 Å². The van der Waals surface area contributed by atoms with Gasteiger partial charge in [-0.3, -0.25) is 4.57 Å². The van der Waals surface area contributed by atoms with E-state index in [9.17, 15) is 4.57 Å². The van der Waals surface area contributed by atoms with E-state index in [0.29, 0.717) is 5.92 Å². The standard InChI is InChI=1S/C15H13OP/c16-17-15(13-9-5-2-6-10-13)11-14(15)12-7-3-1-4-8-12/h1-10,14H,11H2/t14-,15-/m1/s1. The van der Waals surface area contributed by atoms with Gasteiger partial charge in [-0.05, 0) is 17.5 Å². The number of rotatable bonds is 3. The fourth-order valence-corrected chi connectivity index (χ4v) is 3.32. The van der Waals surface area contributed by atoms with E-state index in [4.69, 9.17) is 0 Å². The number of hydrogen-bond acceptors (Lipinski definition) is 1. The Hall–Kier alpha value is -1.46. The highest BCUT2D eigenvalue weighted by molar-refractivity contribution is 7.26. The zero-order chi connectivity index (χ0) is 11.7. The number of hydrogen-bond donors (Lipinski definition) is 0. The Morgan fingerprint density at radius 2 is 1.53 bits per heavy atom. The van der Waals surface area contributed by atoms with Crippen LogP contribution in [0.3, 0.4) is 0 Å². The highest BCUT2D eigenvalue weighted by Crippen LogP contribution is 2.66. The largest absolute Gasteiger partial charge is 0.274 e.